The Morgan fingerprint density at radius 3 is 2.43 bits per heavy atom. The SMILES string of the molecule is COc1ccc2oc(C(=O)NCC=C3CCN(c4ccccc4CN4CCCCC4=O)CC3)cc(=O)c2c1.Cc1ccc(Cl)cc1. The first kappa shape index (κ1) is 32.8. The quantitative estimate of drug-likeness (QED) is 0.220. The third-order valence-electron chi connectivity index (χ3n) is 8.34. The van der Waals surface area contributed by atoms with Crippen molar-refractivity contribution in [2.24, 2.45) is 0 Å². The Morgan fingerprint density at radius 2 is 1.72 bits per heavy atom. The van der Waals surface area contributed by atoms with Crippen LogP contribution in [0.1, 0.15) is 53.8 Å². The van der Waals surface area contributed by atoms with Crippen LogP contribution in [0, 0.1) is 6.92 Å². The topological polar surface area (TPSA) is 92.1 Å². The molecule has 2 aliphatic rings. The van der Waals surface area contributed by atoms with Gasteiger partial charge in [0.05, 0.1) is 12.5 Å². The number of benzene rings is 3. The molecule has 1 aromatic heterocycles. The van der Waals surface area contributed by atoms with E-state index in [0.717, 1.165) is 50.3 Å². The van der Waals surface area contributed by atoms with Gasteiger partial charge in [-0.3, -0.25) is 14.4 Å². The zero-order chi connectivity index (χ0) is 32.5. The number of hydrogen-bond donors (Lipinski definition) is 1. The molecule has 2 fully saturated rings. The summed E-state index contributed by atoms with van der Waals surface area (Å²) in [6, 6.07) is 22.3. The molecule has 0 bridgehead atoms. The molecule has 0 aliphatic carbocycles. The van der Waals surface area contributed by atoms with E-state index in [1.807, 2.05) is 42.2 Å². The van der Waals surface area contributed by atoms with Crippen LogP contribution in [0.15, 0.2) is 93.7 Å². The van der Waals surface area contributed by atoms with E-state index in [0.29, 0.717) is 36.2 Å². The van der Waals surface area contributed by atoms with E-state index in [-0.39, 0.29) is 17.1 Å². The second kappa shape index (κ2) is 15.6. The summed E-state index contributed by atoms with van der Waals surface area (Å²) >= 11 is 5.61. The van der Waals surface area contributed by atoms with Crippen LogP contribution in [0.2, 0.25) is 5.02 Å². The minimum Gasteiger partial charge on any atom is -0.497 e. The predicted molar refractivity (Wildman–Crippen MR) is 183 cm³/mol. The van der Waals surface area contributed by atoms with Crippen molar-refractivity contribution in [3.05, 3.63) is 117 Å². The van der Waals surface area contributed by atoms with Gasteiger partial charge in [-0.2, -0.15) is 0 Å². The average Bonchev–Trinajstić information content (AvgIpc) is 3.08. The van der Waals surface area contributed by atoms with Crippen molar-refractivity contribution in [3.63, 3.8) is 0 Å². The number of nitrogens with zero attached hydrogens (tertiary/aromatic N) is 2. The van der Waals surface area contributed by atoms with E-state index in [9.17, 15) is 14.4 Å². The molecule has 2 saturated heterocycles. The number of anilines is 1. The molecule has 0 saturated carbocycles. The molecule has 9 heteroatoms. The number of likely N-dealkylation sites (tertiary alicyclic amines) is 1. The summed E-state index contributed by atoms with van der Waals surface area (Å²) in [5.74, 6) is 0.375. The van der Waals surface area contributed by atoms with Crippen LogP contribution in [-0.4, -0.2) is 50.0 Å². The fraction of sp³-hybridized carbons (Fsp3) is 0.324. The lowest BCUT2D eigenvalue weighted by molar-refractivity contribution is -0.133. The molecule has 8 nitrogen and oxygen atoms in total. The van der Waals surface area contributed by atoms with Gasteiger partial charge in [0, 0.05) is 55.9 Å². The van der Waals surface area contributed by atoms with Gasteiger partial charge in [-0.15, -0.1) is 0 Å². The number of aryl methyl sites for hydroxylation is 1. The van der Waals surface area contributed by atoms with E-state index in [1.165, 1.54) is 35.6 Å². The fourth-order valence-corrected chi connectivity index (χ4v) is 5.84. The molecule has 46 heavy (non-hydrogen) atoms. The highest BCUT2D eigenvalue weighted by molar-refractivity contribution is 6.30. The van der Waals surface area contributed by atoms with Gasteiger partial charge >= 0.3 is 0 Å². The number of halogens is 1. The number of fused-ring (bicyclic) bond motifs is 1. The summed E-state index contributed by atoms with van der Waals surface area (Å²) in [5.41, 5.74) is 4.98. The molecule has 0 unspecified atom stereocenters. The van der Waals surface area contributed by atoms with Crippen LogP contribution in [0.25, 0.3) is 11.0 Å². The lowest BCUT2D eigenvalue weighted by Crippen LogP contribution is -2.36. The van der Waals surface area contributed by atoms with Crippen molar-refractivity contribution in [2.75, 3.05) is 38.2 Å². The van der Waals surface area contributed by atoms with Gasteiger partial charge in [-0.25, -0.2) is 0 Å². The van der Waals surface area contributed by atoms with Crippen molar-refractivity contribution in [3.8, 4) is 5.75 Å². The molecule has 240 valence electrons. The summed E-state index contributed by atoms with van der Waals surface area (Å²) in [7, 11) is 1.53. The first-order chi connectivity index (χ1) is 22.3. The summed E-state index contributed by atoms with van der Waals surface area (Å²) in [6.07, 6.45) is 6.57. The normalized spacial score (nSPS) is 14.8. The molecule has 0 radical (unpaired) electrons. The fourth-order valence-electron chi connectivity index (χ4n) is 5.71. The van der Waals surface area contributed by atoms with Crippen molar-refractivity contribution in [2.45, 2.75) is 45.6 Å². The Kier molecular flexibility index (Phi) is 11.2. The van der Waals surface area contributed by atoms with Crippen molar-refractivity contribution in [1.82, 2.24) is 10.2 Å². The molecule has 0 spiro atoms. The number of nitrogens with one attached hydrogen (secondary N) is 1. The van der Waals surface area contributed by atoms with Crippen molar-refractivity contribution >= 4 is 40.1 Å². The Bertz CT molecular complexity index is 1730. The maximum atomic E-state index is 12.6. The summed E-state index contributed by atoms with van der Waals surface area (Å²) in [4.78, 5) is 41.8. The molecule has 3 aromatic carbocycles. The largest absolute Gasteiger partial charge is 0.497 e. The first-order valence-electron chi connectivity index (χ1n) is 15.7. The molecule has 6 rings (SSSR count). The average molecular weight is 642 g/mol. The van der Waals surface area contributed by atoms with Crippen LogP contribution in [-0.2, 0) is 11.3 Å². The molecule has 2 amide bonds. The van der Waals surface area contributed by atoms with E-state index >= 15 is 0 Å². The first-order valence-corrected chi connectivity index (χ1v) is 16.1. The van der Waals surface area contributed by atoms with Crippen LogP contribution in [0.4, 0.5) is 5.69 Å². The summed E-state index contributed by atoms with van der Waals surface area (Å²) in [6.45, 7) is 5.67. The zero-order valence-electron chi connectivity index (χ0n) is 26.4. The summed E-state index contributed by atoms with van der Waals surface area (Å²) < 4.78 is 10.8. The molecule has 2 aliphatic heterocycles. The van der Waals surface area contributed by atoms with Gasteiger partial charge in [-0.1, -0.05) is 59.1 Å². The third kappa shape index (κ3) is 8.57. The maximum absolute atomic E-state index is 12.6. The lowest BCUT2D eigenvalue weighted by atomic mass is 10.0. The number of hydrogen-bond acceptors (Lipinski definition) is 6. The highest BCUT2D eigenvalue weighted by atomic mass is 35.5. The van der Waals surface area contributed by atoms with Gasteiger partial charge in [-0.05, 0) is 74.6 Å². The number of methoxy groups -OCH3 is 1. The molecule has 0 atom stereocenters. The van der Waals surface area contributed by atoms with E-state index in [4.69, 9.17) is 20.8 Å². The number of piperidine rings is 2. The van der Waals surface area contributed by atoms with Gasteiger partial charge < -0.3 is 24.3 Å². The van der Waals surface area contributed by atoms with E-state index in [2.05, 4.69) is 34.5 Å². The van der Waals surface area contributed by atoms with Crippen LogP contribution in [0.5, 0.6) is 5.75 Å². The Balaban J connectivity index is 0.000000455. The Hall–Kier alpha value is -4.56. The Labute approximate surface area is 274 Å². The molecular formula is C37H40ClN3O5. The number of carbonyl (C=O) groups is 2. The Morgan fingerprint density at radius 1 is 0.957 bits per heavy atom. The number of para-hydroxylation sites is 1. The number of rotatable bonds is 7. The molecule has 4 aromatic rings. The molecular weight excluding hydrogens is 602 g/mol. The van der Waals surface area contributed by atoms with Gasteiger partial charge in [0.2, 0.25) is 5.91 Å². The van der Waals surface area contributed by atoms with Crippen LogP contribution in [0.3, 0.4) is 0 Å². The number of amides is 2. The number of carbonyl (C=O) groups excluding carboxylic acids is 2. The van der Waals surface area contributed by atoms with E-state index in [1.54, 1.807) is 18.2 Å². The monoisotopic (exact) mass is 641 g/mol. The van der Waals surface area contributed by atoms with Crippen molar-refractivity contribution in [1.29, 1.82) is 0 Å². The standard InChI is InChI=1S/C30H33N3O5.C7H7Cl/c1-37-23-9-10-27-24(18-23)26(34)19-28(38-27)30(36)31-14-11-21-12-16-32(17-13-21)25-7-3-2-6-22(25)20-33-15-5-4-8-29(33)35;1-6-2-4-7(8)5-3-6/h2-3,6-7,9-11,18-19H,4-5,8,12-17,20H2,1H3,(H,31,36);2-5H,1H3. The van der Waals surface area contributed by atoms with Gasteiger partial charge in [0.25, 0.3) is 5.91 Å². The highest BCUT2D eigenvalue weighted by Crippen LogP contribution is 2.28. The maximum Gasteiger partial charge on any atom is 0.287 e. The second-order valence-electron chi connectivity index (χ2n) is 11.6. The van der Waals surface area contributed by atoms with Crippen LogP contribution >= 0.6 is 11.6 Å². The smallest absolute Gasteiger partial charge is 0.287 e. The number of ether oxygens (including phenoxy) is 1. The van der Waals surface area contributed by atoms with Crippen LogP contribution < -0.4 is 20.4 Å². The third-order valence-corrected chi connectivity index (χ3v) is 8.59. The minimum atomic E-state index is -0.421. The molecule has 3 heterocycles. The summed E-state index contributed by atoms with van der Waals surface area (Å²) in [5, 5.41) is 4.01. The molecule has 1 N–H and O–H groups in total. The zero-order valence-corrected chi connectivity index (χ0v) is 27.1. The van der Waals surface area contributed by atoms with Gasteiger partial charge in [0.15, 0.2) is 11.2 Å². The van der Waals surface area contributed by atoms with E-state index < -0.39 is 5.91 Å². The lowest BCUT2D eigenvalue weighted by Gasteiger charge is -2.34. The second-order valence-corrected chi connectivity index (χ2v) is 12.0. The highest BCUT2D eigenvalue weighted by Gasteiger charge is 2.22. The minimum absolute atomic E-state index is 0.00956. The van der Waals surface area contributed by atoms with Crippen molar-refractivity contribution < 1.29 is 18.7 Å². The van der Waals surface area contributed by atoms with Gasteiger partial charge in [0.1, 0.15) is 11.3 Å². The predicted octanol–water partition coefficient (Wildman–Crippen LogP) is 6.92.